The summed E-state index contributed by atoms with van der Waals surface area (Å²) in [5, 5.41) is 15.3. The summed E-state index contributed by atoms with van der Waals surface area (Å²) >= 11 is 0. The summed E-state index contributed by atoms with van der Waals surface area (Å²) in [5.74, 6) is -0.713. The van der Waals surface area contributed by atoms with Gasteiger partial charge in [-0.25, -0.2) is 0 Å². The molecule has 1 atom stereocenters. The minimum atomic E-state index is -0.616. The molecule has 3 aromatic carbocycles. The van der Waals surface area contributed by atoms with E-state index in [1.54, 1.807) is 24.3 Å². The Bertz CT molecular complexity index is 949. The van der Waals surface area contributed by atoms with E-state index in [1.807, 2.05) is 60.7 Å². The number of rotatable bonds is 10. The Hall–Kier alpha value is -3.60. The second-order valence-corrected chi connectivity index (χ2v) is 7.84. The Balaban J connectivity index is 1.75. The largest absolute Gasteiger partial charge is 0.508 e. The van der Waals surface area contributed by atoms with E-state index in [0.29, 0.717) is 13.0 Å². The SMILES string of the molecule is CCCC[C@H](NC(=O)C(c1ccccc1)c1ccccc1)C(=O)NCc1ccc(O)cc1. The zero-order chi connectivity index (χ0) is 22.8. The minimum Gasteiger partial charge on any atom is -0.508 e. The Morgan fingerprint density at radius 3 is 1.91 bits per heavy atom. The summed E-state index contributed by atoms with van der Waals surface area (Å²) in [5.41, 5.74) is 2.65. The molecule has 0 fully saturated rings. The Kier molecular flexibility index (Phi) is 8.44. The second kappa shape index (κ2) is 11.7. The van der Waals surface area contributed by atoms with Crippen LogP contribution in [0.5, 0.6) is 5.75 Å². The molecule has 5 nitrogen and oxygen atoms in total. The molecule has 0 bridgehead atoms. The number of carbonyl (C=O) groups excluding carboxylic acids is 2. The minimum absolute atomic E-state index is 0.182. The van der Waals surface area contributed by atoms with Gasteiger partial charge in [-0.15, -0.1) is 0 Å². The van der Waals surface area contributed by atoms with Gasteiger partial charge in [0.2, 0.25) is 11.8 Å². The lowest BCUT2D eigenvalue weighted by Gasteiger charge is -2.23. The quantitative estimate of drug-likeness (QED) is 0.443. The van der Waals surface area contributed by atoms with E-state index in [4.69, 9.17) is 0 Å². The first-order valence-electron chi connectivity index (χ1n) is 11.0. The van der Waals surface area contributed by atoms with Crippen LogP contribution >= 0.6 is 0 Å². The summed E-state index contributed by atoms with van der Waals surface area (Å²) in [6.07, 6.45) is 2.33. The lowest BCUT2D eigenvalue weighted by atomic mass is 9.90. The number of benzene rings is 3. The summed E-state index contributed by atoms with van der Waals surface area (Å²) in [7, 11) is 0. The first-order valence-corrected chi connectivity index (χ1v) is 11.0. The van der Waals surface area contributed by atoms with Gasteiger partial charge in [0, 0.05) is 6.54 Å². The van der Waals surface area contributed by atoms with Crippen molar-refractivity contribution in [1.82, 2.24) is 10.6 Å². The molecule has 3 N–H and O–H groups in total. The molecule has 0 spiro atoms. The predicted molar refractivity (Wildman–Crippen MR) is 126 cm³/mol. The number of unbranched alkanes of at least 4 members (excludes halogenated alkanes) is 1. The summed E-state index contributed by atoms with van der Waals surface area (Å²) in [4.78, 5) is 26.4. The van der Waals surface area contributed by atoms with E-state index < -0.39 is 12.0 Å². The van der Waals surface area contributed by atoms with Crippen LogP contribution in [-0.2, 0) is 16.1 Å². The molecule has 0 radical (unpaired) electrons. The molecule has 32 heavy (non-hydrogen) atoms. The first kappa shape index (κ1) is 23.1. The van der Waals surface area contributed by atoms with Gasteiger partial charge in [0.25, 0.3) is 0 Å². The molecule has 3 aromatic rings. The van der Waals surface area contributed by atoms with E-state index in [2.05, 4.69) is 17.6 Å². The average molecular weight is 431 g/mol. The van der Waals surface area contributed by atoms with Crippen LogP contribution in [0.2, 0.25) is 0 Å². The van der Waals surface area contributed by atoms with E-state index in [9.17, 15) is 14.7 Å². The third-order valence-electron chi connectivity index (χ3n) is 5.41. The number of nitrogens with one attached hydrogen (secondary N) is 2. The van der Waals surface area contributed by atoms with Gasteiger partial charge in [-0.05, 0) is 35.2 Å². The van der Waals surface area contributed by atoms with Gasteiger partial charge in [-0.2, -0.15) is 0 Å². The number of amides is 2. The highest BCUT2D eigenvalue weighted by Crippen LogP contribution is 2.25. The summed E-state index contributed by atoms with van der Waals surface area (Å²) in [6, 6.07) is 25.3. The van der Waals surface area contributed by atoms with Crippen molar-refractivity contribution in [1.29, 1.82) is 0 Å². The van der Waals surface area contributed by atoms with E-state index >= 15 is 0 Å². The molecule has 3 rings (SSSR count). The Morgan fingerprint density at radius 1 is 0.812 bits per heavy atom. The maximum atomic E-state index is 13.4. The lowest BCUT2D eigenvalue weighted by molar-refractivity contribution is -0.129. The Morgan fingerprint density at radius 2 is 1.38 bits per heavy atom. The van der Waals surface area contributed by atoms with Crippen LogP contribution in [0.4, 0.5) is 0 Å². The number of aromatic hydroxyl groups is 1. The molecule has 0 unspecified atom stereocenters. The van der Waals surface area contributed by atoms with Crippen molar-refractivity contribution in [3.63, 3.8) is 0 Å². The average Bonchev–Trinajstić information content (AvgIpc) is 2.82. The smallest absolute Gasteiger partial charge is 0.242 e. The molecule has 0 aliphatic heterocycles. The summed E-state index contributed by atoms with van der Waals surface area (Å²) < 4.78 is 0. The van der Waals surface area contributed by atoms with Crippen LogP contribution in [0.25, 0.3) is 0 Å². The van der Waals surface area contributed by atoms with Crippen molar-refractivity contribution in [2.75, 3.05) is 0 Å². The highest BCUT2D eigenvalue weighted by molar-refractivity contribution is 5.92. The van der Waals surface area contributed by atoms with Crippen LogP contribution in [0.1, 0.15) is 48.8 Å². The van der Waals surface area contributed by atoms with Gasteiger partial charge < -0.3 is 15.7 Å². The van der Waals surface area contributed by atoms with Gasteiger partial charge >= 0.3 is 0 Å². The molecule has 0 aliphatic rings. The van der Waals surface area contributed by atoms with Crippen molar-refractivity contribution in [2.45, 2.75) is 44.7 Å². The highest BCUT2D eigenvalue weighted by atomic mass is 16.3. The zero-order valence-electron chi connectivity index (χ0n) is 18.3. The third-order valence-corrected chi connectivity index (χ3v) is 5.41. The van der Waals surface area contributed by atoms with Gasteiger partial charge in [-0.3, -0.25) is 9.59 Å². The number of hydrogen-bond acceptors (Lipinski definition) is 3. The molecule has 0 saturated heterocycles. The van der Waals surface area contributed by atoms with Crippen molar-refractivity contribution < 1.29 is 14.7 Å². The zero-order valence-corrected chi connectivity index (χ0v) is 18.3. The second-order valence-electron chi connectivity index (χ2n) is 7.84. The van der Waals surface area contributed by atoms with Crippen LogP contribution in [-0.4, -0.2) is 23.0 Å². The standard InChI is InChI=1S/C27H30N2O3/c1-2-3-14-24(26(31)28-19-20-15-17-23(30)18-16-20)29-27(32)25(21-10-6-4-7-11-21)22-12-8-5-9-13-22/h4-13,15-18,24-25,30H,2-3,14,19H2,1H3,(H,28,31)(H,29,32)/t24-/m0/s1. The maximum Gasteiger partial charge on any atom is 0.242 e. The fourth-order valence-corrected chi connectivity index (χ4v) is 3.64. The molecule has 0 saturated carbocycles. The molecular weight excluding hydrogens is 400 g/mol. The van der Waals surface area contributed by atoms with Crippen LogP contribution in [0, 0.1) is 0 Å². The van der Waals surface area contributed by atoms with E-state index in [0.717, 1.165) is 29.5 Å². The molecule has 5 heteroatoms. The van der Waals surface area contributed by atoms with Crippen LogP contribution in [0.3, 0.4) is 0 Å². The lowest BCUT2D eigenvalue weighted by Crippen LogP contribution is -2.48. The van der Waals surface area contributed by atoms with Crippen molar-refractivity contribution in [3.8, 4) is 5.75 Å². The summed E-state index contributed by atoms with van der Waals surface area (Å²) in [6.45, 7) is 2.39. The molecule has 0 aliphatic carbocycles. The molecule has 0 aromatic heterocycles. The molecule has 0 heterocycles. The number of phenolic OH excluding ortho intramolecular Hbond substituents is 1. The maximum absolute atomic E-state index is 13.4. The van der Waals surface area contributed by atoms with Crippen molar-refractivity contribution >= 4 is 11.8 Å². The number of phenols is 1. The topological polar surface area (TPSA) is 78.4 Å². The van der Waals surface area contributed by atoms with Crippen LogP contribution < -0.4 is 10.6 Å². The molecule has 2 amide bonds. The van der Waals surface area contributed by atoms with Gasteiger partial charge in [0.1, 0.15) is 11.8 Å². The normalized spacial score (nSPS) is 11.7. The fourth-order valence-electron chi connectivity index (χ4n) is 3.64. The monoisotopic (exact) mass is 430 g/mol. The molecule has 166 valence electrons. The van der Waals surface area contributed by atoms with Crippen molar-refractivity contribution in [2.24, 2.45) is 0 Å². The van der Waals surface area contributed by atoms with Gasteiger partial charge in [-0.1, -0.05) is 92.6 Å². The van der Waals surface area contributed by atoms with Crippen molar-refractivity contribution in [3.05, 3.63) is 102 Å². The van der Waals surface area contributed by atoms with E-state index in [-0.39, 0.29) is 17.6 Å². The number of carbonyl (C=O) groups is 2. The molecular formula is C27H30N2O3. The van der Waals surface area contributed by atoms with Gasteiger partial charge in [0.05, 0.1) is 5.92 Å². The predicted octanol–water partition coefficient (Wildman–Crippen LogP) is 4.52. The Labute approximate surface area is 189 Å². The third kappa shape index (κ3) is 6.45. The van der Waals surface area contributed by atoms with Gasteiger partial charge in [0.15, 0.2) is 0 Å². The number of hydrogen-bond donors (Lipinski definition) is 3. The first-order chi connectivity index (χ1) is 15.6. The van der Waals surface area contributed by atoms with E-state index in [1.165, 1.54) is 0 Å². The van der Waals surface area contributed by atoms with Crippen LogP contribution in [0.15, 0.2) is 84.9 Å². The fraction of sp³-hybridized carbons (Fsp3) is 0.259. The highest BCUT2D eigenvalue weighted by Gasteiger charge is 2.27.